The Balaban J connectivity index is 1.96. The molecule has 1 aromatic heterocycles. The third kappa shape index (κ3) is 2.86. The molecule has 0 aliphatic rings. The molecule has 2 aromatic carbocycles. The van der Waals surface area contributed by atoms with Crippen LogP contribution in [-0.2, 0) is 11.3 Å². The highest BCUT2D eigenvalue weighted by molar-refractivity contribution is 5.85. The van der Waals surface area contributed by atoms with Gasteiger partial charge in [0.2, 0.25) is 5.88 Å². The zero-order valence-corrected chi connectivity index (χ0v) is 11.4. The van der Waals surface area contributed by atoms with E-state index in [0.29, 0.717) is 12.4 Å². The van der Waals surface area contributed by atoms with Gasteiger partial charge in [-0.1, -0.05) is 42.5 Å². The lowest BCUT2D eigenvalue weighted by atomic mass is 10.2. The van der Waals surface area contributed by atoms with Gasteiger partial charge < -0.3 is 10.5 Å². The Hall–Kier alpha value is -2.82. The average Bonchev–Trinajstić information content (AvgIpc) is 2.85. The highest BCUT2D eigenvalue weighted by Gasteiger charge is 2.12. The van der Waals surface area contributed by atoms with Gasteiger partial charge in [0.15, 0.2) is 6.61 Å². The molecule has 21 heavy (non-hydrogen) atoms. The van der Waals surface area contributed by atoms with Gasteiger partial charge in [-0.15, -0.1) is 5.10 Å². The van der Waals surface area contributed by atoms with Crippen LogP contribution in [0.4, 0.5) is 0 Å². The van der Waals surface area contributed by atoms with E-state index in [2.05, 4.69) is 5.10 Å². The Morgan fingerprint density at radius 1 is 1.10 bits per heavy atom. The quantitative estimate of drug-likeness (QED) is 0.777. The van der Waals surface area contributed by atoms with E-state index < -0.39 is 5.91 Å². The molecular formula is C16H15N3O2. The standard InChI is InChI=1S/C16H15N3O2/c17-15(20)11-21-16-13-8-4-5-9-14(13)19(18-16)10-12-6-2-1-3-7-12/h1-9H,10-11H2,(H2,17,20). The molecule has 106 valence electrons. The van der Waals surface area contributed by atoms with Crippen molar-refractivity contribution in [3.8, 4) is 5.88 Å². The lowest BCUT2D eigenvalue weighted by molar-refractivity contribution is -0.120. The van der Waals surface area contributed by atoms with Crippen molar-refractivity contribution in [2.24, 2.45) is 5.73 Å². The minimum absolute atomic E-state index is 0.174. The summed E-state index contributed by atoms with van der Waals surface area (Å²) in [5.74, 6) is -0.0861. The second kappa shape index (κ2) is 5.66. The van der Waals surface area contributed by atoms with Crippen molar-refractivity contribution in [3.63, 3.8) is 0 Å². The van der Waals surface area contributed by atoms with Gasteiger partial charge in [-0.3, -0.25) is 9.48 Å². The second-order valence-electron chi connectivity index (χ2n) is 4.72. The van der Waals surface area contributed by atoms with E-state index in [4.69, 9.17) is 10.5 Å². The molecule has 0 fully saturated rings. The molecule has 0 aliphatic heterocycles. The summed E-state index contributed by atoms with van der Waals surface area (Å²) in [5.41, 5.74) is 7.22. The number of nitrogens with two attached hydrogens (primary N) is 1. The van der Waals surface area contributed by atoms with Crippen molar-refractivity contribution in [2.75, 3.05) is 6.61 Å². The summed E-state index contributed by atoms with van der Waals surface area (Å²) in [6.45, 7) is 0.466. The van der Waals surface area contributed by atoms with Gasteiger partial charge >= 0.3 is 0 Å². The summed E-state index contributed by atoms with van der Waals surface area (Å²) in [4.78, 5) is 10.9. The number of amides is 1. The van der Waals surface area contributed by atoms with Crippen LogP contribution in [-0.4, -0.2) is 22.3 Å². The van der Waals surface area contributed by atoms with Crippen LogP contribution in [0.5, 0.6) is 5.88 Å². The molecule has 2 N–H and O–H groups in total. The van der Waals surface area contributed by atoms with Crippen molar-refractivity contribution in [1.29, 1.82) is 0 Å². The number of fused-ring (bicyclic) bond motifs is 1. The van der Waals surface area contributed by atoms with Gasteiger partial charge in [0.05, 0.1) is 17.4 Å². The summed E-state index contributed by atoms with van der Waals surface area (Å²) in [5, 5.41) is 5.31. The number of hydrogen-bond donors (Lipinski definition) is 1. The topological polar surface area (TPSA) is 70.1 Å². The van der Waals surface area contributed by atoms with Crippen molar-refractivity contribution in [3.05, 3.63) is 60.2 Å². The predicted octanol–water partition coefficient (Wildman–Crippen LogP) is 1.95. The van der Waals surface area contributed by atoms with Crippen LogP contribution >= 0.6 is 0 Å². The SMILES string of the molecule is NC(=O)COc1nn(Cc2ccccc2)c2ccccc12. The number of rotatable bonds is 5. The minimum atomic E-state index is -0.517. The molecule has 3 rings (SSSR count). The van der Waals surface area contributed by atoms with Crippen LogP contribution in [0.3, 0.4) is 0 Å². The first-order chi connectivity index (χ1) is 10.2. The largest absolute Gasteiger partial charge is 0.466 e. The first kappa shape index (κ1) is 13.2. The normalized spacial score (nSPS) is 10.7. The zero-order chi connectivity index (χ0) is 14.7. The second-order valence-corrected chi connectivity index (χ2v) is 4.72. The number of primary amides is 1. The lowest BCUT2D eigenvalue weighted by Gasteiger charge is -2.03. The number of hydrogen-bond acceptors (Lipinski definition) is 3. The molecule has 0 aliphatic carbocycles. The zero-order valence-electron chi connectivity index (χ0n) is 11.4. The molecule has 0 saturated heterocycles. The summed E-state index contributed by atoms with van der Waals surface area (Å²) in [6, 6.07) is 17.8. The first-order valence-corrected chi connectivity index (χ1v) is 6.64. The fraction of sp³-hybridized carbons (Fsp3) is 0.125. The summed E-state index contributed by atoms with van der Waals surface area (Å²) >= 11 is 0. The number of carbonyl (C=O) groups excluding carboxylic acids is 1. The fourth-order valence-corrected chi connectivity index (χ4v) is 2.22. The van der Waals surface area contributed by atoms with Gasteiger partial charge in [-0.25, -0.2) is 0 Å². The Bertz CT molecular complexity index is 766. The first-order valence-electron chi connectivity index (χ1n) is 6.64. The number of benzene rings is 2. The molecule has 0 bridgehead atoms. The van der Waals surface area contributed by atoms with E-state index in [0.717, 1.165) is 16.5 Å². The maximum absolute atomic E-state index is 10.9. The third-order valence-corrected chi connectivity index (χ3v) is 3.15. The monoisotopic (exact) mass is 281 g/mol. The number of para-hydroxylation sites is 1. The lowest BCUT2D eigenvalue weighted by Crippen LogP contribution is -2.20. The van der Waals surface area contributed by atoms with Crippen LogP contribution in [0.1, 0.15) is 5.56 Å². The Morgan fingerprint density at radius 3 is 2.57 bits per heavy atom. The van der Waals surface area contributed by atoms with Crippen molar-refractivity contribution >= 4 is 16.8 Å². The van der Waals surface area contributed by atoms with E-state index in [1.165, 1.54) is 0 Å². The fourth-order valence-electron chi connectivity index (χ4n) is 2.22. The van der Waals surface area contributed by atoms with Gasteiger partial charge in [-0.2, -0.15) is 0 Å². The Kier molecular flexibility index (Phi) is 3.55. The number of aromatic nitrogens is 2. The Morgan fingerprint density at radius 2 is 1.81 bits per heavy atom. The van der Waals surface area contributed by atoms with Gasteiger partial charge in [0.1, 0.15) is 0 Å². The van der Waals surface area contributed by atoms with Crippen LogP contribution in [0, 0.1) is 0 Å². The molecule has 0 spiro atoms. The smallest absolute Gasteiger partial charge is 0.255 e. The van der Waals surface area contributed by atoms with Crippen molar-refractivity contribution < 1.29 is 9.53 Å². The number of carbonyl (C=O) groups is 1. The summed E-state index contributed by atoms with van der Waals surface area (Å²) in [6.07, 6.45) is 0. The van der Waals surface area contributed by atoms with E-state index >= 15 is 0 Å². The average molecular weight is 281 g/mol. The van der Waals surface area contributed by atoms with Crippen LogP contribution in [0.25, 0.3) is 10.9 Å². The summed E-state index contributed by atoms with van der Waals surface area (Å²) in [7, 11) is 0. The molecule has 5 heteroatoms. The highest BCUT2D eigenvalue weighted by atomic mass is 16.5. The molecule has 5 nitrogen and oxygen atoms in total. The number of ether oxygens (including phenoxy) is 1. The van der Waals surface area contributed by atoms with Crippen molar-refractivity contribution in [1.82, 2.24) is 9.78 Å². The van der Waals surface area contributed by atoms with Crippen LogP contribution in [0.2, 0.25) is 0 Å². The molecule has 0 unspecified atom stereocenters. The van der Waals surface area contributed by atoms with Crippen LogP contribution in [0.15, 0.2) is 54.6 Å². The van der Waals surface area contributed by atoms with Gasteiger partial charge in [0.25, 0.3) is 5.91 Å². The molecule has 3 aromatic rings. The van der Waals surface area contributed by atoms with Gasteiger partial charge in [0, 0.05) is 0 Å². The third-order valence-electron chi connectivity index (χ3n) is 3.15. The maximum Gasteiger partial charge on any atom is 0.255 e. The van der Waals surface area contributed by atoms with Gasteiger partial charge in [-0.05, 0) is 17.7 Å². The highest BCUT2D eigenvalue weighted by Crippen LogP contribution is 2.25. The molecule has 0 atom stereocenters. The molecule has 0 saturated carbocycles. The Labute approximate surface area is 121 Å². The predicted molar refractivity (Wildman–Crippen MR) is 80.0 cm³/mol. The van der Waals surface area contributed by atoms with Crippen molar-refractivity contribution in [2.45, 2.75) is 6.54 Å². The van der Waals surface area contributed by atoms with E-state index in [9.17, 15) is 4.79 Å². The van der Waals surface area contributed by atoms with E-state index in [-0.39, 0.29) is 6.61 Å². The minimum Gasteiger partial charge on any atom is -0.466 e. The molecule has 0 radical (unpaired) electrons. The van der Waals surface area contributed by atoms with Crippen LogP contribution < -0.4 is 10.5 Å². The molecular weight excluding hydrogens is 266 g/mol. The molecule has 1 amide bonds. The van der Waals surface area contributed by atoms with E-state index in [1.807, 2.05) is 59.3 Å². The maximum atomic E-state index is 10.9. The number of nitrogens with zero attached hydrogens (tertiary/aromatic N) is 2. The summed E-state index contributed by atoms with van der Waals surface area (Å²) < 4.78 is 7.25. The van der Waals surface area contributed by atoms with E-state index in [1.54, 1.807) is 0 Å². The molecule has 1 heterocycles.